The Hall–Kier alpha value is -1.78. The van der Waals surface area contributed by atoms with Gasteiger partial charge in [-0.2, -0.15) is 0 Å². The number of benzene rings is 1. The first-order valence-electron chi connectivity index (χ1n) is 6.81. The summed E-state index contributed by atoms with van der Waals surface area (Å²) < 4.78 is 5.59. The van der Waals surface area contributed by atoms with Gasteiger partial charge in [0, 0.05) is 11.9 Å². The molecule has 1 heterocycles. The van der Waals surface area contributed by atoms with E-state index in [0.717, 1.165) is 0 Å². The number of rotatable bonds is 5. The predicted octanol–water partition coefficient (Wildman–Crippen LogP) is 4.68. The van der Waals surface area contributed by atoms with Gasteiger partial charge in [0.15, 0.2) is 0 Å². The Morgan fingerprint density at radius 2 is 2.05 bits per heavy atom. The molecular formula is C16H16Cl2N2O2. The fraction of sp³-hybridized carbons (Fsp3) is 0.250. The Kier molecular flexibility index (Phi) is 5.63. The van der Waals surface area contributed by atoms with E-state index in [1.807, 2.05) is 0 Å². The van der Waals surface area contributed by atoms with Crippen LogP contribution in [-0.4, -0.2) is 17.5 Å². The van der Waals surface area contributed by atoms with Crippen LogP contribution in [0.2, 0.25) is 10.2 Å². The van der Waals surface area contributed by atoms with Gasteiger partial charge in [0.25, 0.3) is 5.91 Å². The minimum absolute atomic E-state index is 0.281. The Bertz CT molecular complexity index is 658. The molecule has 0 atom stereocenters. The molecule has 0 saturated heterocycles. The van der Waals surface area contributed by atoms with Crippen molar-refractivity contribution in [3.63, 3.8) is 0 Å². The van der Waals surface area contributed by atoms with Crippen molar-refractivity contribution in [1.82, 2.24) is 4.98 Å². The molecule has 2 rings (SSSR count). The lowest BCUT2D eigenvalue weighted by atomic mass is 10.2. The van der Waals surface area contributed by atoms with Gasteiger partial charge in [-0.1, -0.05) is 37.0 Å². The van der Waals surface area contributed by atoms with Crippen LogP contribution >= 0.6 is 23.2 Å². The van der Waals surface area contributed by atoms with E-state index in [2.05, 4.69) is 24.1 Å². The summed E-state index contributed by atoms with van der Waals surface area (Å²) in [5.41, 5.74) is 1.00. The lowest BCUT2D eigenvalue weighted by Crippen LogP contribution is -2.12. The number of anilines is 1. The Labute approximate surface area is 139 Å². The number of nitrogens with zero attached hydrogens (tertiary/aromatic N) is 1. The highest BCUT2D eigenvalue weighted by Crippen LogP contribution is 2.28. The standard InChI is InChI=1S/C16H16Cl2N2O2/c1-10(2)9-22-14-5-4-12(7-13(14)17)20-16(21)11-3-6-15(18)19-8-11/h3-8,10H,9H2,1-2H3,(H,20,21). The average Bonchev–Trinajstić information content (AvgIpc) is 2.47. The molecule has 0 fully saturated rings. The van der Waals surface area contributed by atoms with Gasteiger partial charge in [0.2, 0.25) is 0 Å². The molecule has 0 unspecified atom stereocenters. The number of hydrogen-bond donors (Lipinski definition) is 1. The van der Waals surface area contributed by atoms with Crippen molar-refractivity contribution in [2.75, 3.05) is 11.9 Å². The van der Waals surface area contributed by atoms with Crippen LogP contribution in [0.15, 0.2) is 36.5 Å². The normalized spacial score (nSPS) is 10.6. The van der Waals surface area contributed by atoms with E-state index in [0.29, 0.717) is 39.7 Å². The van der Waals surface area contributed by atoms with E-state index in [4.69, 9.17) is 27.9 Å². The van der Waals surface area contributed by atoms with Crippen LogP contribution in [0.3, 0.4) is 0 Å². The highest BCUT2D eigenvalue weighted by atomic mass is 35.5. The van der Waals surface area contributed by atoms with Gasteiger partial charge in [-0.25, -0.2) is 4.98 Å². The summed E-state index contributed by atoms with van der Waals surface area (Å²) in [4.78, 5) is 15.9. The van der Waals surface area contributed by atoms with Crippen LogP contribution in [-0.2, 0) is 0 Å². The molecule has 1 aromatic heterocycles. The molecule has 116 valence electrons. The lowest BCUT2D eigenvalue weighted by Gasteiger charge is -2.12. The summed E-state index contributed by atoms with van der Waals surface area (Å²) in [5, 5.41) is 3.54. The maximum Gasteiger partial charge on any atom is 0.257 e. The van der Waals surface area contributed by atoms with E-state index in [9.17, 15) is 4.79 Å². The molecule has 22 heavy (non-hydrogen) atoms. The first kappa shape index (κ1) is 16.6. The number of halogens is 2. The summed E-state index contributed by atoms with van der Waals surface area (Å²) in [6.45, 7) is 4.70. The molecule has 0 saturated carbocycles. The van der Waals surface area contributed by atoms with Crippen LogP contribution in [0, 0.1) is 5.92 Å². The van der Waals surface area contributed by atoms with Crippen molar-refractivity contribution >= 4 is 34.8 Å². The zero-order valence-corrected chi connectivity index (χ0v) is 13.8. The summed E-state index contributed by atoms with van der Waals surface area (Å²) in [5.74, 6) is 0.727. The number of hydrogen-bond acceptors (Lipinski definition) is 3. The number of nitrogens with one attached hydrogen (secondary N) is 1. The second-order valence-electron chi connectivity index (χ2n) is 5.17. The summed E-state index contributed by atoms with van der Waals surface area (Å²) in [7, 11) is 0. The molecule has 6 heteroatoms. The first-order valence-corrected chi connectivity index (χ1v) is 7.56. The average molecular weight is 339 g/mol. The maximum atomic E-state index is 12.1. The number of carbonyl (C=O) groups excluding carboxylic acids is 1. The van der Waals surface area contributed by atoms with Gasteiger partial charge in [-0.3, -0.25) is 4.79 Å². The Balaban J connectivity index is 2.05. The van der Waals surface area contributed by atoms with Crippen molar-refractivity contribution < 1.29 is 9.53 Å². The molecule has 0 spiro atoms. The molecule has 0 aliphatic carbocycles. The summed E-state index contributed by atoms with van der Waals surface area (Å²) in [6.07, 6.45) is 1.42. The number of pyridine rings is 1. The van der Waals surface area contributed by atoms with Crippen LogP contribution in [0.25, 0.3) is 0 Å². The minimum atomic E-state index is -0.281. The topological polar surface area (TPSA) is 51.2 Å². The molecule has 0 aliphatic rings. The van der Waals surface area contributed by atoms with Crippen molar-refractivity contribution in [3.05, 3.63) is 52.3 Å². The highest BCUT2D eigenvalue weighted by Gasteiger charge is 2.09. The Morgan fingerprint density at radius 1 is 1.27 bits per heavy atom. The van der Waals surface area contributed by atoms with Crippen molar-refractivity contribution in [3.8, 4) is 5.75 Å². The summed E-state index contributed by atoms with van der Waals surface area (Å²) in [6, 6.07) is 8.29. The molecule has 4 nitrogen and oxygen atoms in total. The maximum absolute atomic E-state index is 12.1. The number of aromatic nitrogens is 1. The second-order valence-corrected chi connectivity index (χ2v) is 5.97. The van der Waals surface area contributed by atoms with E-state index in [1.165, 1.54) is 6.20 Å². The van der Waals surface area contributed by atoms with Gasteiger partial charge in [-0.15, -0.1) is 0 Å². The van der Waals surface area contributed by atoms with E-state index in [-0.39, 0.29) is 5.91 Å². The van der Waals surface area contributed by atoms with Gasteiger partial charge in [0.05, 0.1) is 17.2 Å². The molecule has 1 amide bonds. The number of amides is 1. The fourth-order valence-electron chi connectivity index (χ4n) is 1.67. The zero-order valence-electron chi connectivity index (χ0n) is 12.3. The van der Waals surface area contributed by atoms with E-state index >= 15 is 0 Å². The third-order valence-electron chi connectivity index (χ3n) is 2.75. The van der Waals surface area contributed by atoms with Crippen LogP contribution in [0.5, 0.6) is 5.75 Å². The molecule has 0 bridgehead atoms. The SMILES string of the molecule is CC(C)COc1ccc(NC(=O)c2ccc(Cl)nc2)cc1Cl. The summed E-state index contributed by atoms with van der Waals surface area (Å²) >= 11 is 11.8. The van der Waals surface area contributed by atoms with Gasteiger partial charge < -0.3 is 10.1 Å². The monoisotopic (exact) mass is 338 g/mol. The minimum Gasteiger partial charge on any atom is -0.492 e. The van der Waals surface area contributed by atoms with Crippen LogP contribution in [0.4, 0.5) is 5.69 Å². The van der Waals surface area contributed by atoms with E-state index < -0.39 is 0 Å². The third kappa shape index (κ3) is 4.61. The third-order valence-corrected chi connectivity index (χ3v) is 3.27. The van der Waals surface area contributed by atoms with Gasteiger partial charge in [-0.05, 0) is 36.2 Å². The van der Waals surface area contributed by atoms with Crippen molar-refractivity contribution in [1.29, 1.82) is 0 Å². The predicted molar refractivity (Wildman–Crippen MR) is 89.0 cm³/mol. The molecular weight excluding hydrogens is 323 g/mol. The second kappa shape index (κ2) is 7.47. The Morgan fingerprint density at radius 3 is 2.64 bits per heavy atom. The largest absolute Gasteiger partial charge is 0.492 e. The van der Waals surface area contributed by atoms with E-state index in [1.54, 1.807) is 30.3 Å². The molecule has 0 aliphatic heterocycles. The van der Waals surface area contributed by atoms with Crippen LogP contribution in [0.1, 0.15) is 24.2 Å². The zero-order chi connectivity index (χ0) is 16.1. The van der Waals surface area contributed by atoms with Gasteiger partial charge >= 0.3 is 0 Å². The highest BCUT2D eigenvalue weighted by molar-refractivity contribution is 6.32. The quantitative estimate of drug-likeness (QED) is 0.805. The number of ether oxygens (including phenoxy) is 1. The van der Waals surface area contributed by atoms with Gasteiger partial charge in [0.1, 0.15) is 10.9 Å². The molecule has 2 aromatic rings. The van der Waals surface area contributed by atoms with Crippen molar-refractivity contribution in [2.45, 2.75) is 13.8 Å². The fourth-order valence-corrected chi connectivity index (χ4v) is 2.01. The molecule has 1 N–H and O–H groups in total. The molecule has 1 aromatic carbocycles. The number of carbonyl (C=O) groups is 1. The first-order chi connectivity index (χ1) is 10.5. The van der Waals surface area contributed by atoms with Crippen LogP contribution < -0.4 is 10.1 Å². The molecule has 0 radical (unpaired) electrons. The van der Waals surface area contributed by atoms with Crippen molar-refractivity contribution in [2.24, 2.45) is 5.92 Å². The lowest BCUT2D eigenvalue weighted by molar-refractivity contribution is 0.102. The smallest absolute Gasteiger partial charge is 0.257 e.